The van der Waals surface area contributed by atoms with Crippen molar-refractivity contribution in [3.8, 4) is 11.4 Å². The van der Waals surface area contributed by atoms with Gasteiger partial charge in [0.15, 0.2) is 0 Å². The molecule has 1 aliphatic rings. The average Bonchev–Trinajstić information content (AvgIpc) is 3.34. The molecule has 3 aromatic heterocycles. The van der Waals surface area contributed by atoms with Crippen molar-refractivity contribution in [3.05, 3.63) is 33.6 Å². The number of imidazole rings is 1. The van der Waals surface area contributed by atoms with Gasteiger partial charge in [0.1, 0.15) is 16.2 Å². The Morgan fingerprint density at radius 2 is 2.16 bits per heavy atom. The van der Waals surface area contributed by atoms with Crippen LogP contribution in [0, 0.1) is 0 Å². The van der Waals surface area contributed by atoms with E-state index in [1.54, 1.807) is 19.4 Å². The Labute approximate surface area is 189 Å². The number of aliphatic hydroxyl groups excluding tert-OH is 1. The lowest BCUT2D eigenvalue weighted by Crippen LogP contribution is -2.37. The third kappa shape index (κ3) is 4.87. The average molecular weight is 460 g/mol. The molecule has 1 atom stereocenters. The minimum atomic E-state index is -0.240. The Morgan fingerprint density at radius 1 is 1.38 bits per heavy atom. The first-order valence-electron chi connectivity index (χ1n) is 10.9. The van der Waals surface area contributed by atoms with Gasteiger partial charge < -0.3 is 30.4 Å². The Morgan fingerprint density at radius 3 is 2.84 bits per heavy atom. The molecule has 1 aliphatic carbocycles. The molecule has 5 N–H and O–H groups in total. The van der Waals surface area contributed by atoms with Gasteiger partial charge in [0.05, 0.1) is 34.8 Å². The van der Waals surface area contributed by atoms with E-state index in [2.05, 4.69) is 25.6 Å². The van der Waals surface area contributed by atoms with Gasteiger partial charge in [-0.2, -0.15) is 0 Å². The highest BCUT2D eigenvalue weighted by Gasteiger charge is 2.23. The lowest BCUT2D eigenvalue weighted by molar-refractivity contribution is 0.0898. The van der Waals surface area contributed by atoms with E-state index in [1.807, 2.05) is 13.0 Å². The summed E-state index contributed by atoms with van der Waals surface area (Å²) in [5.41, 5.74) is 1.62. The summed E-state index contributed by atoms with van der Waals surface area (Å²) in [4.78, 5) is 37.0. The number of ether oxygens (including phenoxy) is 1. The molecular weight excluding hydrogens is 430 g/mol. The first kappa shape index (κ1) is 22.5. The molecule has 0 radical (unpaired) electrons. The highest BCUT2D eigenvalue weighted by atomic mass is 32.1. The number of methoxy groups -OCH3 is 1. The van der Waals surface area contributed by atoms with E-state index in [0.717, 1.165) is 32.1 Å². The maximum atomic E-state index is 12.7. The molecule has 0 saturated heterocycles. The van der Waals surface area contributed by atoms with Crippen LogP contribution in [0.3, 0.4) is 0 Å². The molecule has 0 aliphatic heterocycles. The van der Waals surface area contributed by atoms with E-state index in [0.29, 0.717) is 38.9 Å². The summed E-state index contributed by atoms with van der Waals surface area (Å²) in [6, 6.07) is 3.74. The number of H-pyrrole nitrogens is 2. The fraction of sp³-hybridized carbons (Fsp3) is 0.500. The quantitative estimate of drug-likeness (QED) is 0.352. The molecule has 10 heteroatoms. The van der Waals surface area contributed by atoms with Crippen molar-refractivity contribution in [1.82, 2.24) is 20.3 Å². The van der Waals surface area contributed by atoms with Crippen molar-refractivity contribution in [2.45, 2.75) is 57.2 Å². The topological polar surface area (TPSA) is 132 Å². The number of amides is 1. The van der Waals surface area contributed by atoms with Crippen LogP contribution in [0.5, 0.6) is 0 Å². The van der Waals surface area contributed by atoms with E-state index < -0.39 is 0 Å². The van der Waals surface area contributed by atoms with Crippen LogP contribution >= 0.6 is 11.3 Å². The van der Waals surface area contributed by atoms with Gasteiger partial charge in [0, 0.05) is 19.3 Å². The summed E-state index contributed by atoms with van der Waals surface area (Å²) >= 11 is 1.28. The number of rotatable bonds is 8. The molecule has 1 saturated carbocycles. The van der Waals surface area contributed by atoms with E-state index in [9.17, 15) is 14.7 Å². The number of anilines is 1. The van der Waals surface area contributed by atoms with Gasteiger partial charge in [0.2, 0.25) is 0 Å². The lowest BCUT2D eigenvalue weighted by atomic mass is 9.93. The SMILES string of the molecule is CCC(COC)NC(=O)c1cc2[nH]c(-c3c(NC4CCC(O)CC4)cc[nH]c3=O)nc2s1. The van der Waals surface area contributed by atoms with E-state index in [4.69, 9.17) is 4.74 Å². The number of pyridine rings is 1. The van der Waals surface area contributed by atoms with Crippen LogP contribution in [0.4, 0.5) is 5.69 Å². The summed E-state index contributed by atoms with van der Waals surface area (Å²) in [6.07, 6.45) is 5.35. The van der Waals surface area contributed by atoms with Gasteiger partial charge in [-0.1, -0.05) is 6.92 Å². The van der Waals surface area contributed by atoms with Gasteiger partial charge >= 0.3 is 0 Å². The van der Waals surface area contributed by atoms with Crippen LogP contribution in [-0.4, -0.2) is 57.9 Å². The Kier molecular flexibility index (Phi) is 6.92. The molecular formula is C22H29N5O4S. The van der Waals surface area contributed by atoms with Gasteiger partial charge in [-0.25, -0.2) is 4.98 Å². The van der Waals surface area contributed by atoms with Crippen LogP contribution in [0.2, 0.25) is 0 Å². The molecule has 9 nitrogen and oxygen atoms in total. The molecule has 1 unspecified atom stereocenters. The lowest BCUT2D eigenvalue weighted by Gasteiger charge is -2.27. The normalized spacial score (nSPS) is 19.7. The van der Waals surface area contributed by atoms with Crippen molar-refractivity contribution in [3.63, 3.8) is 0 Å². The summed E-state index contributed by atoms with van der Waals surface area (Å²) in [5, 5.41) is 16.2. The number of thiophene rings is 1. The number of fused-ring (bicyclic) bond motifs is 1. The number of carbonyl (C=O) groups is 1. The largest absolute Gasteiger partial charge is 0.393 e. The number of hydrogen-bond acceptors (Lipinski definition) is 7. The monoisotopic (exact) mass is 459 g/mol. The predicted molar refractivity (Wildman–Crippen MR) is 125 cm³/mol. The van der Waals surface area contributed by atoms with E-state index in [1.165, 1.54) is 11.3 Å². The Balaban J connectivity index is 1.56. The molecule has 4 rings (SSSR count). The van der Waals surface area contributed by atoms with E-state index >= 15 is 0 Å². The Hall–Kier alpha value is -2.69. The zero-order chi connectivity index (χ0) is 22.7. The number of nitrogens with zero attached hydrogens (tertiary/aromatic N) is 1. The third-order valence-electron chi connectivity index (χ3n) is 5.85. The molecule has 1 fully saturated rings. The summed E-state index contributed by atoms with van der Waals surface area (Å²) in [5.74, 6) is 0.301. The standard InChI is InChI=1S/C22H29N5O4S/c1-3-12(11-31-2)25-20(29)17-10-16-22(32-17)27-19(26-16)18-15(8-9-23-21(18)30)24-13-4-6-14(28)7-5-13/h8-10,12-14,28H,3-7,11H2,1-2H3,(H,25,29)(H,26,27)(H2,23,24,30). The molecule has 0 spiro atoms. The van der Waals surface area contributed by atoms with Gasteiger partial charge in [-0.3, -0.25) is 9.59 Å². The molecule has 172 valence electrons. The fourth-order valence-electron chi connectivity index (χ4n) is 4.03. The molecule has 0 bridgehead atoms. The van der Waals surface area contributed by atoms with Gasteiger partial charge in [0.25, 0.3) is 11.5 Å². The number of aliphatic hydroxyl groups is 1. The maximum Gasteiger partial charge on any atom is 0.261 e. The second-order valence-corrected chi connectivity index (χ2v) is 9.22. The van der Waals surface area contributed by atoms with Crippen molar-refractivity contribution in [2.75, 3.05) is 19.0 Å². The first-order chi connectivity index (χ1) is 15.5. The molecule has 3 heterocycles. The smallest absolute Gasteiger partial charge is 0.261 e. The highest BCUT2D eigenvalue weighted by molar-refractivity contribution is 7.20. The Bertz CT molecular complexity index is 1100. The molecule has 0 aromatic carbocycles. The molecule has 1 amide bonds. The number of aromatic nitrogens is 3. The number of hydrogen-bond donors (Lipinski definition) is 5. The maximum absolute atomic E-state index is 12.7. The number of carbonyl (C=O) groups excluding carboxylic acids is 1. The predicted octanol–water partition coefficient (Wildman–Crippen LogP) is 2.85. The van der Waals surface area contributed by atoms with E-state index in [-0.39, 0.29) is 29.7 Å². The summed E-state index contributed by atoms with van der Waals surface area (Å²) in [7, 11) is 1.61. The summed E-state index contributed by atoms with van der Waals surface area (Å²) < 4.78 is 5.14. The van der Waals surface area contributed by atoms with Crippen LogP contribution in [0.15, 0.2) is 23.1 Å². The van der Waals surface area contributed by atoms with Gasteiger partial charge in [-0.05, 0) is 44.2 Å². The zero-order valence-electron chi connectivity index (χ0n) is 18.2. The summed E-state index contributed by atoms with van der Waals surface area (Å²) in [6.45, 7) is 2.45. The van der Waals surface area contributed by atoms with Crippen molar-refractivity contribution < 1.29 is 14.6 Å². The van der Waals surface area contributed by atoms with Crippen molar-refractivity contribution in [2.24, 2.45) is 0 Å². The second kappa shape index (κ2) is 9.85. The van der Waals surface area contributed by atoms with Crippen molar-refractivity contribution in [1.29, 1.82) is 0 Å². The van der Waals surface area contributed by atoms with Crippen molar-refractivity contribution >= 4 is 33.3 Å². The third-order valence-corrected chi connectivity index (χ3v) is 6.88. The van der Waals surface area contributed by atoms with Crippen LogP contribution in [-0.2, 0) is 4.74 Å². The van der Waals surface area contributed by atoms with Crippen LogP contribution in [0.25, 0.3) is 21.7 Å². The molecule has 3 aromatic rings. The zero-order valence-corrected chi connectivity index (χ0v) is 19.1. The first-order valence-corrected chi connectivity index (χ1v) is 11.8. The van der Waals surface area contributed by atoms with Gasteiger partial charge in [-0.15, -0.1) is 11.3 Å². The fourth-order valence-corrected chi connectivity index (χ4v) is 4.93. The molecule has 32 heavy (non-hydrogen) atoms. The van der Waals surface area contributed by atoms with Crippen LogP contribution < -0.4 is 16.2 Å². The van der Waals surface area contributed by atoms with Crippen LogP contribution in [0.1, 0.15) is 48.7 Å². The minimum absolute atomic E-state index is 0.0473. The number of aromatic amines is 2. The number of nitrogens with one attached hydrogen (secondary N) is 4. The second-order valence-electron chi connectivity index (χ2n) is 8.19. The highest BCUT2D eigenvalue weighted by Crippen LogP contribution is 2.30. The minimum Gasteiger partial charge on any atom is -0.393 e.